The van der Waals surface area contributed by atoms with Gasteiger partial charge in [0.2, 0.25) is 5.95 Å². The van der Waals surface area contributed by atoms with E-state index in [1.54, 1.807) is 6.07 Å². The summed E-state index contributed by atoms with van der Waals surface area (Å²) < 4.78 is 0.850. The van der Waals surface area contributed by atoms with Crippen molar-refractivity contribution in [3.63, 3.8) is 0 Å². The molecule has 1 aromatic rings. The van der Waals surface area contributed by atoms with E-state index in [2.05, 4.69) is 14.9 Å². The Morgan fingerprint density at radius 2 is 2.11 bits per heavy atom. The molecule has 0 atom stereocenters. The van der Waals surface area contributed by atoms with Gasteiger partial charge in [-0.2, -0.15) is 4.98 Å². The Kier molecular flexibility index (Phi) is 4.07. The summed E-state index contributed by atoms with van der Waals surface area (Å²) in [6, 6.07) is 1.80. The van der Waals surface area contributed by atoms with Crippen LogP contribution in [0.1, 0.15) is 32.6 Å². The van der Waals surface area contributed by atoms with Gasteiger partial charge in [0.05, 0.1) is 0 Å². The Morgan fingerprint density at radius 3 is 2.78 bits per heavy atom. The predicted octanol–water partition coefficient (Wildman–Crippen LogP) is 1.00. The maximum Gasteiger partial charge on any atom is 0.238 e. The topological polar surface area (TPSA) is 79.7 Å². The van der Waals surface area contributed by atoms with E-state index in [4.69, 9.17) is 5.73 Å². The summed E-state index contributed by atoms with van der Waals surface area (Å²) >= 11 is 0. The molecule has 0 aromatic carbocycles. The highest BCUT2D eigenvalue weighted by molar-refractivity contribution is 5.41. The number of aromatic nitrogens is 2. The normalized spacial score (nSPS) is 17.2. The second-order valence-corrected chi connectivity index (χ2v) is 4.57. The first-order valence-corrected chi connectivity index (χ1v) is 6.56. The minimum atomic E-state index is 0.0907. The molecule has 1 saturated heterocycles. The van der Waals surface area contributed by atoms with Crippen molar-refractivity contribution in [3.8, 4) is 0 Å². The summed E-state index contributed by atoms with van der Waals surface area (Å²) in [7, 11) is 0. The lowest BCUT2D eigenvalue weighted by Crippen LogP contribution is -2.33. The van der Waals surface area contributed by atoms with Gasteiger partial charge in [0.1, 0.15) is 5.82 Å². The van der Waals surface area contributed by atoms with Crippen molar-refractivity contribution in [2.24, 2.45) is 4.99 Å². The molecule has 0 aliphatic carbocycles. The summed E-state index contributed by atoms with van der Waals surface area (Å²) in [4.78, 5) is 10.7. The van der Waals surface area contributed by atoms with Crippen LogP contribution in [0.15, 0.2) is 11.1 Å². The summed E-state index contributed by atoms with van der Waals surface area (Å²) in [6.07, 6.45) is 4.56. The zero-order chi connectivity index (χ0) is 13.0. The van der Waals surface area contributed by atoms with E-state index >= 15 is 0 Å². The summed E-state index contributed by atoms with van der Waals surface area (Å²) in [5.41, 5.74) is 6.19. The van der Waals surface area contributed by atoms with Crippen molar-refractivity contribution in [2.75, 3.05) is 30.3 Å². The Labute approximate surface area is 107 Å². The Bertz CT molecular complexity index is 462. The number of hydrogen-bond donors (Lipinski definition) is 2. The molecule has 100 valence electrons. The van der Waals surface area contributed by atoms with Gasteiger partial charge in [0.25, 0.3) is 0 Å². The quantitative estimate of drug-likeness (QED) is 0.786. The highest BCUT2D eigenvalue weighted by Gasteiger charge is 2.14. The smallest absolute Gasteiger partial charge is 0.238 e. The summed E-state index contributed by atoms with van der Waals surface area (Å²) in [6.45, 7) is 4.70. The molecule has 2 heterocycles. The molecule has 0 unspecified atom stereocenters. The Balaban J connectivity index is 2.33. The van der Waals surface area contributed by atoms with Crippen LogP contribution in [0, 0.1) is 0 Å². The van der Waals surface area contributed by atoms with Crippen molar-refractivity contribution in [2.45, 2.75) is 32.6 Å². The molecule has 1 fully saturated rings. The third kappa shape index (κ3) is 2.75. The van der Waals surface area contributed by atoms with E-state index in [-0.39, 0.29) is 5.95 Å². The van der Waals surface area contributed by atoms with Crippen LogP contribution in [0.25, 0.3) is 0 Å². The van der Waals surface area contributed by atoms with Gasteiger partial charge in [-0.25, -0.2) is 0 Å². The standard InChI is InChI=1S/C12H21N5O/c1-2-6-14-10-9-11(15-12(13)17(10)18)16-7-4-3-5-8-16/h9,18H,2-8H2,1H3,(H2,13,15). The zero-order valence-electron chi connectivity index (χ0n) is 10.8. The van der Waals surface area contributed by atoms with Gasteiger partial charge in [0, 0.05) is 25.7 Å². The third-order valence-electron chi connectivity index (χ3n) is 3.10. The van der Waals surface area contributed by atoms with Gasteiger partial charge < -0.3 is 15.8 Å². The second-order valence-electron chi connectivity index (χ2n) is 4.57. The number of anilines is 2. The van der Waals surface area contributed by atoms with Gasteiger partial charge in [-0.1, -0.05) is 6.92 Å². The zero-order valence-corrected chi connectivity index (χ0v) is 10.8. The molecule has 6 heteroatoms. The summed E-state index contributed by atoms with van der Waals surface area (Å²) in [5, 5.41) is 9.76. The molecule has 1 aliphatic heterocycles. The average Bonchev–Trinajstić information content (AvgIpc) is 2.41. The van der Waals surface area contributed by atoms with Gasteiger partial charge >= 0.3 is 0 Å². The van der Waals surface area contributed by atoms with Crippen molar-refractivity contribution in [1.29, 1.82) is 0 Å². The van der Waals surface area contributed by atoms with Crippen molar-refractivity contribution >= 4 is 11.8 Å². The van der Waals surface area contributed by atoms with Crippen LogP contribution >= 0.6 is 0 Å². The fourth-order valence-electron chi connectivity index (χ4n) is 2.11. The molecule has 1 aliphatic rings. The molecule has 18 heavy (non-hydrogen) atoms. The minimum absolute atomic E-state index is 0.0907. The van der Waals surface area contributed by atoms with E-state index in [1.807, 2.05) is 6.92 Å². The Hall–Kier alpha value is -1.72. The molecule has 6 nitrogen and oxygen atoms in total. The fraction of sp³-hybridized carbons (Fsp3) is 0.667. The molecular formula is C12H21N5O. The first kappa shape index (κ1) is 12.7. The predicted molar refractivity (Wildman–Crippen MR) is 70.6 cm³/mol. The van der Waals surface area contributed by atoms with E-state index in [9.17, 15) is 5.21 Å². The monoisotopic (exact) mass is 251 g/mol. The van der Waals surface area contributed by atoms with Crippen LogP contribution in [0.2, 0.25) is 0 Å². The van der Waals surface area contributed by atoms with Crippen LogP contribution in [-0.4, -0.2) is 34.6 Å². The van der Waals surface area contributed by atoms with E-state index in [0.717, 1.165) is 30.1 Å². The lowest BCUT2D eigenvalue weighted by atomic mass is 10.1. The van der Waals surface area contributed by atoms with Gasteiger partial charge in [-0.15, -0.1) is 4.73 Å². The molecule has 0 saturated carbocycles. The van der Waals surface area contributed by atoms with Crippen LogP contribution in [0.5, 0.6) is 0 Å². The molecule has 0 bridgehead atoms. The number of piperidine rings is 1. The number of nitrogen functional groups attached to an aromatic ring is 1. The Morgan fingerprint density at radius 1 is 1.39 bits per heavy atom. The van der Waals surface area contributed by atoms with E-state index < -0.39 is 0 Å². The lowest BCUT2D eigenvalue weighted by Gasteiger charge is -2.27. The average molecular weight is 251 g/mol. The second kappa shape index (κ2) is 5.75. The van der Waals surface area contributed by atoms with Crippen LogP contribution in [-0.2, 0) is 0 Å². The van der Waals surface area contributed by atoms with Gasteiger partial charge in [-0.3, -0.25) is 4.99 Å². The summed E-state index contributed by atoms with van der Waals surface area (Å²) in [5.74, 6) is 0.903. The largest absolute Gasteiger partial charge is 0.423 e. The van der Waals surface area contributed by atoms with Crippen LogP contribution < -0.4 is 16.1 Å². The third-order valence-corrected chi connectivity index (χ3v) is 3.10. The first-order chi connectivity index (χ1) is 8.72. The van der Waals surface area contributed by atoms with Crippen molar-refractivity contribution in [1.82, 2.24) is 9.71 Å². The van der Waals surface area contributed by atoms with Crippen molar-refractivity contribution in [3.05, 3.63) is 11.6 Å². The maximum atomic E-state index is 9.76. The minimum Gasteiger partial charge on any atom is -0.423 e. The van der Waals surface area contributed by atoms with Crippen LogP contribution in [0.4, 0.5) is 11.8 Å². The van der Waals surface area contributed by atoms with E-state index in [0.29, 0.717) is 12.0 Å². The molecule has 0 radical (unpaired) electrons. The SMILES string of the molecule is CCCN=c1cc(N2CCCCC2)nc(N)n1O. The molecule has 0 amide bonds. The van der Waals surface area contributed by atoms with Crippen molar-refractivity contribution < 1.29 is 5.21 Å². The highest BCUT2D eigenvalue weighted by Crippen LogP contribution is 2.16. The number of hydrogen-bond acceptors (Lipinski definition) is 5. The highest BCUT2D eigenvalue weighted by atomic mass is 16.5. The van der Waals surface area contributed by atoms with E-state index in [1.165, 1.54) is 19.3 Å². The molecule has 3 N–H and O–H groups in total. The molecule has 1 aromatic heterocycles. The number of nitrogens with zero attached hydrogens (tertiary/aromatic N) is 4. The lowest BCUT2D eigenvalue weighted by molar-refractivity contribution is 0.175. The molecular weight excluding hydrogens is 230 g/mol. The fourth-order valence-corrected chi connectivity index (χ4v) is 2.11. The van der Waals surface area contributed by atoms with Gasteiger partial charge in [-0.05, 0) is 25.7 Å². The number of nitrogens with two attached hydrogens (primary N) is 1. The van der Waals surface area contributed by atoms with Gasteiger partial charge in [0.15, 0.2) is 5.49 Å². The number of rotatable bonds is 3. The maximum absolute atomic E-state index is 9.76. The molecule has 2 rings (SSSR count). The molecule has 0 spiro atoms. The van der Waals surface area contributed by atoms with Crippen LogP contribution in [0.3, 0.4) is 0 Å². The first-order valence-electron chi connectivity index (χ1n) is 6.56.